The third-order valence-electron chi connectivity index (χ3n) is 5.94. The van der Waals surface area contributed by atoms with Crippen LogP contribution in [0.4, 0.5) is 0 Å². The van der Waals surface area contributed by atoms with Crippen LogP contribution in [0, 0.1) is 6.92 Å². The molecule has 0 bridgehead atoms. The average molecular weight is 473 g/mol. The van der Waals surface area contributed by atoms with E-state index < -0.39 is 6.04 Å². The topological polar surface area (TPSA) is 49.4 Å². The molecule has 1 saturated carbocycles. The summed E-state index contributed by atoms with van der Waals surface area (Å²) in [7, 11) is 0. The van der Waals surface area contributed by atoms with Gasteiger partial charge in [0.05, 0.1) is 5.75 Å². The third-order valence-corrected chi connectivity index (χ3v) is 7.16. The molecule has 0 radical (unpaired) electrons. The molecule has 0 aliphatic heterocycles. The van der Waals surface area contributed by atoms with Crippen molar-refractivity contribution in [1.82, 2.24) is 10.2 Å². The molecular formula is C26H33ClN2O2S. The van der Waals surface area contributed by atoms with Crippen LogP contribution in [0.1, 0.15) is 55.7 Å². The molecule has 1 aliphatic carbocycles. The Labute approximate surface area is 201 Å². The predicted molar refractivity (Wildman–Crippen MR) is 134 cm³/mol. The number of hydrogen-bond donors (Lipinski definition) is 1. The van der Waals surface area contributed by atoms with Crippen LogP contribution < -0.4 is 5.32 Å². The van der Waals surface area contributed by atoms with E-state index in [9.17, 15) is 9.59 Å². The molecule has 2 aromatic rings. The maximum Gasteiger partial charge on any atom is 0.242 e. The summed E-state index contributed by atoms with van der Waals surface area (Å²) >= 11 is 7.74. The van der Waals surface area contributed by atoms with Gasteiger partial charge in [-0.2, -0.15) is 0 Å². The first-order valence-corrected chi connectivity index (χ1v) is 12.9. The minimum absolute atomic E-state index is 0.0334. The molecule has 0 spiro atoms. The van der Waals surface area contributed by atoms with E-state index in [-0.39, 0.29) is 17.9 Å². The number of rotatable bonds is 9. The van der Waals surface area contributed by atoms with E-state index >= 15 is 0 Å². The number of carbonyl (C=O) groups excluding carboxylic acids is 2. The smallest absolute Gasteiger partial charge is 0.242 e. The van der Waals surface area contributed by atoms with Crippen LogP contribution in [0.3, 0.4) is 0 Å². The number of amides is 2. The second-order valence-electron chi connectivity index (χ2n) is 8.65. The van der Waals surface area contributed by atoms with Crippen molar-refractivity contribution < 1.29 is 9.59 Å². The normalized spacial score (nSPS) is 15.2. The monoisotopic (exact) mass is 472 g/mol. The Morgan fingerprint density at radius 3 is 2.53 bits per heavy atom. The highest BCUT2D eigenvalue weighted by Crippen LogP contribution is 2.20. The lowest BCUT2D eigenvalue weighted by atomic mass is 9.95. The number of nitrogens with one attached hydrogen (secondary N) is 1. The van der Waals surface area contributed by atoms with Crippen LogP contribution in [0.2, 0.25) is 5.02 Å². The van der Waals surface area contributed by atoms with Gasteiger partial charge in [0.25, 0.3) is 0 Å². The molecule has 2 aromatic carbocycles. The van der Waals surface area contributed by atoms with Gasteiger partial charge in [-0.15, -0.1) is 11.8 Å². The fraction of sp³-hybridized carbons (Fsp3) is 0.462. The van der Waals surface area contributed by atoms with Crippen LogP contribution in [-0.2, 0) is 21.9 Å². The van der Waals surface area contributed by atoms with Crippen molar-refractivity contribution in [3.63, 3.8) is 0 Å². The maximum absolute atomic E-state index is 13.2. The van der Waals surface area contributed by atoms with Gasteiger partial charge in [-0.25, -0.2) is 0 Å². The Morgan fingerprint density at radius 1 is 1.09 bits per heavy atom. The zero-order chi connectivity index (χ0) is 22.9. The summed E-state index contributed by atoms with van der Waals surface area (Å²) in [5.74, 6) is 0.987. The fourth-order valence-corrected chi connectivity index (χ4v) is 5.20. The summed E-state index contributed by atoms with van der Waals surface area (Å²) in [5.41, 5.74) is 3.34. The standard InChI is InChI=1S/C26H33ClN2O2S/c1-19-8-6-10-22(14-19)17-32-18-25(30)29(16-21-9-7-11-23(27)15-21)20(2)26(31)28-24-12-4-3-5-13-24/h6-11,14-15,20,24H,3-5,12-13,16-18H2,1-2H3,(H,28,31)/t20-/m1/s1. The molecule has 1 fully saturated rings. The van der Waals surface area contributed by atoms with Gasteiger partial charge in [-0.05, 0) is 49.9 Å². The number of hydrogen-bond acceptors (Lipinski definition) is 3. The highest BCUT2D eigenvalue weighted by Gasteiger charge is 2.28. The van der Waals surface area contributed by atoms with Gasteiger partial charge < -0.3 is 10.2 Å². The van der Waals surface area contributed by atoms with Gasteiger partial charge in [0.1, 0.15) is 6.04 Å². The molecule has 32 heavy (non-hydrogen) atoms. The van der Waals surface area contributed by atoms with Crippen molar-refractivity contribution in [2.75, 3.05) is 5.75 Å². The second-order valence-corrected chi connectivity index (χ2v) is 10.1. The predicted octanol–water partition coefficient (Wildman–Crippen LogP) is 5.75. The Balaban J connectivity index is 1.65. The van der Waals surface area contributed by atoms with Crippen molar-refractivity contribution in [2.45, 2.75) is 70.3 Å². The van der Waals surface area contributed by atoms with Gasteiger partial charge in [0.2, 0.25) is 11.8 Å². The third kappa shape index (κ3) is 7.56. The first-order valence-electron chi connectivity index (χ1n) is 11.4. The summed E-state index contributed by atoms with van der Waals surface area (Å²) in [6.45, 7) is 4.26. The van der Waals surface area contributed by atoms with Crippen LogP contribution in [0.15, 0.2) is 48.5 Å². The minimum atomic E-state index is -0.539. The number of carbonyl (C=O) groups is 2. The first kappa shape index (κ1) is 24.7. The Bertz CT molecular complexity index is 914. The van der Waals surface area contributed by atoms with Crippen LogP contribution in [-0.4, -0.2) is 34.6 Å². The zero-order valence-electron chi connectivity index (χ0n) is 19.0. The van der Waals surface area contributed by atoms with Gasteiger partial charge >= 0.3 is 0 Å². The summed E-state index contributed by atoms with van der Waals surface area (Å²) in [4.78, 5) is 27.9. The van der Waals surface area contributed by atoms with Gasteiger partial charge in [0, 0.05) is 23.4 Å². The quantitative estimate of drug-likeness (QED) is 0.505. The van der Waals surface area contributed by atoms with E-state index in [4.69, 9.17) is 11.6 Å². The van der Waals surface area contributed by atoms with Crippen molar-refractivity contribution >= 4 is 35.2 Å². The average Bonchev–Trinajstić information content (AvgIpc) is 2.77. The van der Waals surface area contributed by atoms with Crippen LogP contribution in [0.5, 0.6) is 0 Å². The lowest BCUT2D eigenvalue weighted by Crippen LogP contribution is -2.50. The van der Waals surface area contributed by atoms with E-state index in [1.807, 2.05) is 37.3 Å². The van der Waals surface area contributed by atoms with E-state index in [0.717, 1.165) is 37.0 Å². The summed E-state index contributed by atoms with van der Waals surface area (Å²) in [6, 6.07) is 15.5. The molecule has 172 valence electrons. The molecule has 2 amide bonds. The summed E-state index contributed by atoms with van der Waals surface area (Å²) < 4.78 is 0. The number of aryl methyl sites for hydroxylation is 1. The Morgan fingerprint density at radius 2 is 1.81 bits per heavy atom. The van der Waals surface area contributed by atoms with E-state index in [0.29, 0.717) is 17.3 Å². The van der Waals surface area contributed by atoms with Crippen LogP contribution >= 0.6 is 23.4 Å². The number of halogens is 1. The molecule has 1 aliphatic rings. The highest BCUT2D eigenvalue weighted by molar-refractivity contribution is 7.99. The van der Waals surface area contributed by atoms with Gasteiger partial charge in [-0.1, -0.05) is 72.8 Å². The Hall–Kier alpha value is -1.98. The van der Waals surface area contributed by atoms with E-state index in [1.165, 1.54) is 17.5 Å². The molecule has 4 nitrogen and oxygen atoms in total. The van der Waals surface area contributed by atoms with Crippen molar-refractivity contribution in [3.05, 3.63) is 70.2 Å². The number of nitrogens with zero attached hydrogens (tertiary/aromatic N) is 1. The number of thioether (sulfide) groups is 1. The molecular weight excluding hydrogens is 440 g/mol. The zero-order valence-corrected chi connectivity index (χ0v) is 20.6. The lowest BCUT2D eigenvalue weighted by Gasteiger charge is -2.31. The molecule has 6 heteroatoms. The summed E-state index contributed by atoms with van der Waals surface area (Å²) in [5, 5.41) is 3.80. The minimum Gasteiger partial charge on any atom is -0.352 e. The first-order chi connectivity index (χ1) is 15.4. The van der Waals surface area contributed by atoms with Crippen LogP contribution in [0.25, 0.3) is 0 Å². The fourth-order valence-electron chi connectivity index (χ4n) is 4.12. The van der Waals surface area contributed by atoms with Crippen molar-refractivity contribution in [2.24, 2.45) is 0 Å². The highest BCUT2D eigenvalue weighted by atomic mass is 35.5. The molecule has 0 heterocycles. The number of benzene rings is 2. The molecule has 0 aromatic heterocycles. The molecule has 0 saturated heterocycles. The molecule has 1 N–H and O–H groups in total. The largest absolute Gasteiger partial charge is 0.352 e. The molecule has 1 atom stereocenters. The Kier molecular flexibility index (Phi) is 9.49. The van der Waals surface area contributed by atoms with E-state index in [2.05, 4.69) is 30.4 Å². The lowest BCUT2D eigenvalue weighted by molar-refractivity contribution is -0.139. The summed E-state index contributed by atoms with van der Waals surface area (Å²) in [6.07, 6.45) is 5.58. The second kappa shape index (κ2) is 12.3. The van der Waals surface area contributed by atoms with Gasteiger partial charge in [-0.3, -0.25) is 9.59 Å². The maximum atomic E-state index is 13.2. The van der Waals surface area contributed by atoms with Gasteiger partial charge in [0.15, 0.2) is 0 Å². The van der Waals surface area contributed by atoms with Crippen molar-refractivity contribution in [1.29, 1.82) is 0 Å². The SMILES string of the molecule is Cc1cccc(CSCC(=O)N(Cc2cccc(Cl)c2)[C@H](C)C(=O)NC2CCCCC2)c1. The van der Waals surface area contributed by atoms with Crippen molar-refractivity contribution in [3.8, 4) is 0 Å². The molecule has 3 rings (SSSR count). The molecule has 0 unspecified atom stereocenters. The van der Waals surface area contributed by atoms with E-state index in [1.54, 1.807) is 16.7 Å².